The Bertz CT molecular complexity index is 337. The van der Waals surface area contributed by atoms with Crippen molar-refractivity contribution in [1.82, 2.24) is 5.32 Å². The summed E-state index contributed by atoms with van der Waals surface area (Å²) in [6.45, 7) is 6.83. The molecular formula is C14H23Br2NS. The van der Waals surface area contributed by atoms with Crippen LogP contribution < -0.4 is 5.32 Å². The first kappa shape index (κ1) is 16.7. The second-order valence-corrected chi connectivity index (χ2v) is 8.86. The highest BCUT2D eigenvalue weighted by molar-refractivity contribution is 9.12. The van der Waals surface area contributed by atoms with Gasteiger partial charge in [0.1, 0.15) is 0 Å². The fourth-order valence-electron chi connectivity index (χ4n) is 1.85. The summed E-state index contributed by atoms with van der Waals surface area (Å²) >= 11 is 8.91. The van der Waals surface area contributed by atoms with Gasteiger partial charge in [0, 0.05) is 0 Å². The van der Waals surface area contributed by atoms with E-state index in [0.717, 1.165) is 12.5 Å². The highest BCUT2D eigenvalue weighted by atomic mass is 79.9. The Kier molecular flexibility index (Phi) is 8.81. The van der Waals surface area contributed by atoms with Crippen LogP contribution in [0.4, 0.5) is 0 Å². The van der Waals surface area contributed by atoms with Crippen LogP contribution in [0.1, 0.15) is 45.1 Å². The van der Waals surface area contributed by atoms with E-state index >= 15 is 0 Å². The average Bonchev–Trinajstić information content (AvgIpc) is 2.61. The number of unbranched alkanes of at least 4 members (excludes halogenated alkanes) is 3. The van der Waals surface area contributed by atoms with Gasteiger partial charge < -0.3 is 5.32 Å². The summed E-state index contributed by atoms with van der Waals surface area (Å²) in [5, 5.41) is 3.49. The van der Waals surface area contributed by atoms with Crippen LogP contribution in [-0.4, -0.2) is 13.1 Å². The van der Waals surface area contributed by atoms with Gasteiger partial charge in [-0.25, -0.2) is 0 Å². The topological polar surface area (TPSA) is 12.0 Å². The van der Waals surface area contributed by atoms with Crippen LogP contribution in [0, 0.1) is 5.92 Å². The monoisotopic (exact) mass is 395 g/mol. The third-order valence-electron chi connectivity index (χ3n) is 2.83. The fourth-order valence-corrected chi connectivity index (χ4v) is 4.77. The summed E-state index contributed by atoms with van der Waals surface area (Å²) in [5.41, 5.74) is 1.45. The van der Waals surface area contributed by atoms with Crippen molar-refractivity contribution in [3.63, 3.8) is 0 Å². The molecule has 0 bridgehead atoms. The Morgan fingerprint density at radius 3 is 2.50 bits per heavy atom. The fraction of sp³-hybridized carbons (Fsp3) is 0.714. The molecule has 1 nitrogen and oxygen atoms in total. The third-order valence-corrected chi connectivity index (χ3v) is 5.29. The lowest BCUT2D eigenvalue weighted by Gasteiger charge is -2.06. The molecule has 0 spiro atoms. The first-order valence-electron chi connectivity index (χ1n) is 6.74. The van der Waals surface area contributed by atoms with Crippen LogP contribution in [0.25, 0.3) is 0 Å². The molecule has 18 heavy (non-hydrogen) atoms. The first-order chi connectivity index (χ1) is 8.59. The van der Waals surface area contributed by atoms with Crippen LogP contribution in [0.5, 0.6) is 0 Å². The Balaban J connectivity index is 1.97. The van der Waals surface area contributed by atoms with E-state index in [1.807, 2.05) is 0 Å². The van der Waals surface area contributed by atoms with Gasteiger partial charge in [0.15, 0.2) is 0 Å². The van der Waals surface area contributed by atoms with E-state index in [1.165, 1.54) is 51.8 Å². The Hall–Kier alpha value is 0.620. The van der Waals surface area contributed by atoms with Gasteiger partial charge in [-0.1, -0.05) is 26.7 Å². The summed E-state index contributed by atoms with van der Waals surface area (Å²) in [6, 6.07) is 2.24. The van der Waals surface area contributed by atoms with Crippen molar-refractivity contribution in [1.29, 1.82) is 0 Å². The van der Waals surface area contributed by atoms with Gasteiger partial charge in [-0.2, -0.15) is 0 Å². The minimum atomic E-state index is 0.763. The number of hydrogen-bond acceptors (Lipinski definition) is 2. The standard InChI is InChI=1S/C14H23Br2NS/c1-11(2)10-17-8-6-4-3-5-7-12-9-13(15)18-14(12)16/h9,11,17H,3-8,10H2,1-2H3. The van der Waals surface area contributed by atoms with E-state index in [2.05, 4.69) is 57.1 Å². The zero-order chi connectivity index (χ0) is 13.4. The van der Waals surface area contributed by atoms with Crippen molar-refractivity contribution in [3.8, 4) is 0 Å². The molecule has 0 aliphatic carbocycles. The average molecular weight is 397 g/mol. The Labute approximate surface area is 132 Å². The summed E-state index contributed by atoms with van der Waals surface area (Å²) < 4.78 is 2.51. The molecule has 1 N–H and O–H groups in total. The van der Waals surface area contributed by atoms with Gasteiger partial charge in [-0.05, 0) is 81.8 Å². The number of rotatable bonds is 9. The lowest BCUT2D eigenvalue weighted by molar-refractivity contribution is 0.526. The Morgan fingerprint density at radius 2 is 1.89 bits per heavy atom. The molecule has 0 atom stereocenters. The molecule has 0 unspecified atom stereocenters. The Morgan fingerprint density at radius 1 is 1.17 bits per heavy atom. The van der Waals surface area contributed by atoms with Crippen LogP contribution in [-0.2, 0) is 6.42 Å². The molecule has 0 radical (unpaired) electrons. The van der Waals surface area contributed by atoms with Crippen molar-refractivity contribution < 1.29 is 0 Å². The largest absolute Gasteiger partial charge is 0.316 e. The molecule has 0 aliphatic rings. The molecule has 4 heteroatoms. The normalized spacial score (nSPS) is 11.4. The highest BCUT2D eigenvalue weighted by Crippen LogP contribution is 2.32. The van der Waals surface area contributed by atoms with Crippen molar-refractivity contribution in [2.24, 2.45) is 5.92 Å². The molecule has 0 amide bonds. The number of hydrogen-bond donors (Lipinski definition) is 1. The minimum Gasteiger partial charge on any atom is -0.316 e. The molecule has 1 aromatic rings. The number of halogens is 2. The molecule has 0 saturated heterocycles. The van der Waals surface area contributed by atoms with Gasteiger partial charge in [0.2, 0.25) is 0 Å². The zero-order valence-electron chi connectivity index (χ0n) is 11.3. The van der Waals surface area contributed by atoms with E-state index in [1.54, 1.807) is 11.3 Å². The van der Waals surface area contributed by atoms with Crippen molar-refractivity contribution >= 4 is 43.2 Å². The molecule has 1 heterocycles. The van der Waals surface area contributed by atoms with Crippen molar-refractivity contribution in [3.05, 3.63) is 19.2 Å². The molecule has 0 saturated carbocycles. The molecule has 104 valence electrons. The second kappa shape index (κ2) is 9.51. The van der Waals surface area contributed by atoms with E-state index < -0.39 is 0 Å². The highest BCUT2D eigenvalue weighted by Gasteiger charge is 2.04. The van der Waals surface area contributed by atoms with E-state index in [9.17, 15) is 0 Å². The first-order valence-corrected chi connectivity index (χ1v) is 9.14. The molecule has 0 aliphatic heterocycles. The minimum absolute atomic E-state index is 0.763. The van der Waals surface area contributed by atoms with Crippen molar-refractivity contribution in [2.75, 3.05) is 13.1 Å². The van der Waals surface area contributed by atoms with E-state index in [-0.39, 0.29) is 0 Å². The van der Waals surface area contributed by atoms with Gasteiger partial charge >= 0.3 is 0 Å². The molecule has 0 aromatic carbocycles. The zero-order valence-corrected chi connectivity index (χ0v) is 15.3. The number of aryl methyl sites for hydroxylation is 1. The van der Waals surface area contributed by atoms with E-state index in [0.29, 0.717) is 0 Å². The summed E-state index contributed by atoms with van der Waals surface area (Å²) in [4.78, 5) is 0. The number of nitrogens with one attached hydrogen (secondary N) is 1. The maximum Gasteiger partial charge on any atom is 0.0742 e. The van der Waals surface area contributed by atoms with Gasteiger partial charge in [-0.15, -0.1) is 11.3 Å². The summed E-state index contributed by atoms with van der Waals surface area (Å²) in [6.07, 6.45) is 6.48. The summed E-state index contributed by atoms with van der Waals surface area (Å²) in [5.74, 6) is 0.763. The predicted octanol–water partition coefficient (Wildman–Crippen LogP) is 5.62. The van der Waals surface area contributed by atoms with E-state index in [4.69, 9.17) is 0 Å². The SMILES string of the molecule is CC(C)CNCCCCCCc1cc(Br)sc1Br. The molecular weight excluding hydrogens is 374 g/mol. The quantitative estimate of drug-likeness (QED) is 0.534. The van der Waals surface area contributed by atoms with Crippen LogP contribution in [0.15, 0.2) is 13.6 Å². The molecule has 1 rings (SSSR count). The third kappa shape index (κ3) is 7.27. The lowest BCUT2D eigenvalue weighted by atomic mass is 10.1. The van der Waals surface area contributed by atoms with Gasteiger partial charge in [0.05, 0.1) is 7.57 Å². The second-order valence-electron chi connectivity index (χ2n) is 5.11. The molecule has 0 fully saturated rings. The maximum atomic E-state index is 3.61. The maximum absolute atomic E-state index is 3.61. The van der Waals surface area contributed by atoms with Crippen LogP contribution in [0.2, 0.25) is 0 Å². The lowest BCUT2D eigenvalue weighted by Crippen LogP contribution is -2.20. The summed E-state index contributed by atoms with van der Waals surface area (Å²) in [7, 11) is 0. The predicted molar refractivity (Wildman–Crippen MR) is 89.6 cm³/mol. The van der Waals surface area contributed by atoms with Crippen molar-refractivity contribution in [2.45, 2.75) is 46.0 Å². The van der Waals surface area contributed by atoms with Crippen LogP contribution >= 0.6 is 43.2 Å². The molecule has 1 aromatic heterocycles. The number of thiophene rings is 1. The van der Waals surface area contributed by atoms with Gasteiger partial charge in [-0.3, -0.25) is 0 Å². The van der Waals surface area contributed by atoms with Crippen LogP contribution in [0.3, 0.4) is 0 Å². The van der Waals surface area contributed by atoms with Gasteiger partial charge in [0.25, 0.3) is 0 Å². The smallest absolute Gasteiger partial charge is 0.0742 e.